The van der Waals surface area contributed by atoms with Crippen LogP contribution in [-0.4, -0.2) is 10.2 Å². The smallest absolute Gasteiger partial charge is 0.130 e. The van der Waals surface area contributed by atoms with Crippen LogP contribution in [0.2, 0.25) is 0 Å². The molecule has 0 bridgehead atoms. The van der Waals surface area contributed by atoms with E-state index < -0.39 is 0 Å². The quantitative estimate of drug-likeness (QED) is 0.347. The molecular formula is C27H25BrO2. The Morgan fingerprint density at radius 3 is 2.23 bits per heavy atom. The van der Waals surface area contributed by atoms with Crippen molar-refractivity contribution < 1.29 is 10.2 Å². The second kappa shape index (κ2) is 10.1. The van der Waals surface area contributed by atoms with E-state index >= 15 is 0 Å². The zero-order valence-electron chi connectivity index (χ0n) is 16.8. The Bertz CT molecular complexity index is 1100. The van der Waals surface area contributed by atoms with Crippen molar-refractivity contribution in [1.82, 2.24) is 0 Å². The van der Waals surface area contributed by atoms with Gasteiger partial charge >= 0.3 is 0 Å². The first-order valence-corrected chi connectivity index (χ1v) is 10.6. The van der Waals surface area contributed by atoms with Gasteiger partial charge in [-0.15, -0.1) is 13.2 Å². The molecule has 2 N–H and O–H groups in total. The number of halogens is 1. The molecule has 0 aliphatic heterocycles. The maximum atomic E-state index is 11.0. The molecule has 2 nitrogen and oxygen atoms in total. The lowest BCUT2D eigenvalue weighted by molar-refractivity contribution is 0.468. The van der Waals surface area contributed by atoms with Gasteiger partial charge < -0.3 is 10.2 Å². The van der Waals surface area contributed by atoms with Crippen LogP contribution in [0.25, 0.3) is 17.2 Å². The fourth-order valence-corrected chi connectivity index (χ4v) is 3.85. The Morgan fingerprint density at radius 2 is 1.50 bits per heavy atom. The summed E-state index contributed by atoms with van der Waals surface area (Å²) in [6, 6.07) is 17.4. The van der Waals surface area contributed by atoms with Crippen LogP contribution in [0.3, 0.4) is 0 Å². The zero-order chi connectivity index (χ0) is 21.5. The minimum absolute atomic E-state index is 0.136. The summed E-state index contributed by atoms with van der Waals surface area (Å²) in [4.78, 5) is 0. The second-order valence-electron chi connectivity index (χ2n) is 7.12. The van der Waals surface area contributed by atoms with Crippen LogP contribution in [0.1, 0.15) is 22.3 Å². The first-order chi connectivity index (χ1) is 14.5. The average molecular weight is 461 g/mol. The number of phenols is 2. The topological polar surface area (TPSA) is 40.5 Å². The van der Waals surface area contributed by atoms with Gasteiger partial charge in [0.05, 0.1) is 0 Å². The van der Waals surface area contributed by atoms with E-state index in [1.54, 1.807) is 6.07 Å². The molecule has 0 aromatic heterocycles. The van der Waals surface area contributed by atoms with Gasteiger partial charge in [-0.1, -0.05) is 64.5 Å². The largest absolute Gasteiger partial charge is 0.507 e. The lowest BCUT2D eigenvalue weighted by Gasteiger charge is -2.13. The van der Waals surface area contributed by atoms with Crippen LogP contribution in [0.15, 0.2) is 90.5 Å². The van der Waals surface area contributed by atoms with Gasteiger partial charge in [0.2, 0.25) is 0 Å². The summed E-state index contributed by atoms with van der Waals surface area (Å²) >= 11 is 3.57. The van der Waals surface area contributed by atoms with E-state index in [9.17, 15) is 10.2 Å². The van der Waals surface area contributed by atoms with E-state index in [-0.39, 0.29) is 11.5 Å². The summed E-state index contributed by atoms with van der Waals surface area (Å²) < 4.78 is 1.06. The van der Waals surface area contributed by atoms with Crippen molar-refractivity contribution in [1.29, 1.82) is 0 Å². The van der Waals surface area contributed by atoms with Crippen molar-refractivity contribution in [3.8, 4) is 22.6 Å². The number of allylic oxidation sites excluding steroid dienone is 3. The monoisotopic (exact) mass is 460 g/mol. The molecule has 0 atom stereocenters. The average Bonchev–Trinajstić information content (AvgIpc) is 2.73. The molecule has 0 fully saturated rings. The van der Waals surface area contributed by atoms with Crippen molar-refractivity contribution in [2.24, 2.45) is 0 Å². The van der Waals surface area contributed by atoms with Gasteiger partial charge in [-0.3, -0.25) is 0 Å². The number of benzene rings is 3. The molecule has 0 radical (unpaired) electrons. The Hall–Kier alpha value is -3.04. The molecule has 0 amide bonds. The maximum absolute atomic E-state index is 11.0. The van der Waals surface area contributed by atoms with Gasteiger partial charge in [0, 0.05) is 21.2 Å². The summed E-state index contributed by atoms with van der Waals surface area (Å²) in [5.74, 6) is 0.286. The molecule has 0 aliphatic rings. The molecule has 30 heavy (non-hydrogen) atoms. The summed E-state index contributed by atoms with van der Waals surface area (Å²) in [6.45, 7) is 7.61. The highest BCUT2D eigenvalue weighted by molar-refractivity contribution is 9.10. The van der Waals surface area contributed by atoms with E-state index in [4.69, 9.17) is 0 Å². The van der Waals surface area contributed by atoms with E-state index in [1.165, 1.54) is 5.56 Å². The van der Waals surface area contributed by atoms with Crippen molar-refractivity contribution in [3.05, 3.63) is 113 Å². The van der Waals surface area contributed by atoms with Gasteiger partial charge in [0.25, 0.3) is 0 Å². The van der Waals surface area contributed by atoms with Crippen molar-refractivity contribution in [3.63, 3.8) is 0 Å². The number of aromatic hydroxyl groups is 2. The summed E-state index contributed by atoms with van der Waals surface area (Å²) in [6.07, 6.45) is 9.71. The third-order valence-electron chi connectivity index (χ3n) is 4.90. The van der Waals surface area contributed by atoms with E-state index in [2.05, 4.69) is 35.2 Å². The van der Waals surface area contributed by atoms with Crippen LogP contribution >= 0.6 is 15.9 Å². The van der Waals surface area contributed by atoms with Crippen molar-refractivity contribution in [2.45, 2.75) is 19.3 Å². The minimum atomic E-state index is 0.136. The normalized spacial score (nSPS) is 11.0. The van der Waals surface area contributed by atoms with Crippen molar-refractivity contribution in [2.75, 3.05) is 0 Å². The molecule has 0 saturated carbocycles. The predicted molar refractivity (Wildman–Crippen MR) is 130 cm³/mol. The van der Waals surface area contributed by atoms with Gasteiger partial charge in [-0.05, 0) is 66.3 Å². The molecule has 0 aliphatic carbocycles. The Labute approximate surface area is 186 Å². The van der Waals surface area contributed by atoms with Gasteiger partial charge in [0.15, 0.2) is 0 Å². The van der Waals surface area contributed by atoms with Gasteiger partial charge in [-0.25, -0.2) is 0 Å². The molecule has 0 unspecified atom stereocenters. The number of hydrogen-bond donors (Lipinski definition) is 2. The molecule has 0 spiro atoms. The third-order valence-corrected chi connectivity index (χ3v) is 5.68. The minimum Gasteiger partial charge on any atom is -0.507 e. The highest BCUT2D eigenvalue weighted by Crippen LogP contribution is 2.39. The highest BCUT2D eigenvalue weighted by atomic mass is 79.9. The lowest BCUT2D eigenvalue weighted by atomic mass is 9.94. The van der Waals surface area contributed by atoms with Crippen LogP contribution in [0.4, 0.5) is 0 Å². The maximum Gasteiger partial charge on any atom is 0.130 e. The molecule has 3 heteroatoms. The molecule has 0 heterocycles. The molecule has 152 valence electrons. The SMILES string of the molecule is C=CCc1ccc(O)c(-c2cc(CC=C)cc(C=CCc3ccccc3Br)c2O)c1. The summed E-state index contributed by atoms with van der Waals surface area (Å²) in [5, 5.41) is 21.5. The first-order valence-electron chi connectivity index (χ1n) is 9.83. The van der Waals surface area contributed by atoms with E-state index in [0.29, 0.717) is 29.5 Å². The van der Waals surface area contributed by atoms with Crippen molar-refractivity contribution >= 4 is 22.0 Å². The van der Waals surface area contributed by atoms with Crippen LogP contribution in [0.5, 0.6) is 11.5 Å². The Morgan fingerprint density at radius 1 is 0.800 bits per heavy atom. The fourth-order valence-electron chi connectivity index (χ4n) is 3.41. The number of rotatable bonds is 8. The zero-order valence-corrected chi connectivity index (χ0v) is 18.4. The van der Waals surface area contributed by atoms with E-state index in [1.807, 2.05) is 66.8 Å². The number of hydrogen-bond acceptors (Lipinski definition) is 2. The van der Waals surface area contributed by atoms with Crippen LogP contribution in [-0.2, 0) is 19.3 Å². The Kier molecular flexibility index (Phi) is 7.31. The van der Waals surface area contributed by atoms with Crippen LogP contribution in [0, 0.1) is 0 Å². The summed E-state index contributed by atoms with van der Waals surface area (Å²) in [5.41, 5.74) is 5.15. The lowest BCUT2D eigenvalue weighted by Crippen LogP contribution is -1.91. The predicted octanol–water partition coefficient (Wildman–Crippen LogP) is 7.24. The summed E-state index contributed by atoms with van der Waals surface area (Å²) in [7, 11) is 0. The highest BCUT2D eigenvalue weighted by Gasteiger charge is 2.14. The van der Waals surface area contributed by atoms with Gasteiger partial charge in [0.1, 0.15) is 11.5 Å². The van der Waals surface area contributed by atoms with Crippen LogP contribution < -0.4 is 0 Å². The Balaban J connectivity index is 2.03. The first kappa shape index (κ1) is 21.7. The fraction of sp³-hybridized carbons (Fsp3) is 0.111. The molecular weight excluding hydrogens is 436 g/mol. The standard InChI is InChI=1S/C27H25BrO2/c1-3-8-19-14-15-26(29)23(17-19)24-18-20(9-4-2)16-22(27(24)30)12-7-11-21-10-5-6-13-25(21)28/h3-7,10,12-18,29-30H,1-2,8-9,11H2. The molecule has 3 rings (SSSR count). The molecule has 3 aromatic carbocycles. The molecule has 3 aromatic rings. The third kappa shape index (κ3) is 5.11. The van der Waals surface area contributed by atoms with Gasteiger partial charge in [-0.2, -0.15) is 0 Å². The number of phenolic OH excluding ortho intramolecular Hbond substituents is 2. The molecule has 0 saturated heterocycles. The van der Waals surface area contributed by atoms with E-state index in [0.717, 1.165) is 22.0 Å². The second-order valence-corrected chi connectivity index (χ2v) is 7.97.